The Bertz CT molecular complexity index is 689. The Balaban J connectivity index is 2.15. The maximum atomic E-state index is 12.5. The molecule has 2 rings (SSSR count). The maximum Gasteiger partial charge on any atom is 0.573 e. The molecular formula is C16H23F3N2O4S. The first-order chi connectivity index (χ1) is 12.1. The number of para-hydroxylation sites is 1. The van der Waals surface area contributed by atoms with Crippen LogP contribution in [-0.4, -0.2) is 58.6 Å². The number of alkyl halides is 3. The summed E-state index contributed by atoms with van der Waals surface area (Å²) in [5, 5.41) is 0. The zero-order valence-electron chi connectivity index (χ0n) is 14.6. The van der Waals surface area contributed by atoms with E-state index < -0.39 is 27.0 Å². The molecule has 1 aromatic carbocycles. The summed E-state index contributed by atoms with van der Waals surface area (Å²) in [6.45, 7) is 6.51. The number of sulfonamides is 1. The molecule has 1 fully saturated rings. The van der Waals surface area contributed by atoms with Gasteiger partial charge in [-0.2, -0.15) is 0 Å². The normalized spacial score (nSPS) is 18.1. The van der Waals surface area contributed by atoms with Gasteiger partial charge in [0.15, 0.2) is 0 Å². The van der Waals surface area contributed by atoms with Crippen LogP contribution in [0, 0.1) is 5.92 Å². The monoisotopic (exact) mass is 396 g/mol. The summed E-state index contributed by atoms with van der Waals surface area (Å²) in [5.41, 5.74) is 0. The minimum Gasteiger partial charge on any atom is -0.404 e. The Labute approximate surface area is 151 Å². The molecule has 1 saturated heterocycles. The number of rotatable bonds is 7. The largest absolute Gasteiger partial charge is 0.573 e. The number of morpholine rings is 1. The van der Waals surface area contributed by atoms with Crippen LogP contribution in [0.3, 0.4) is 0 Å². The van der Waals surface area contributed by atoms with Gasteiger partial charge in [-0.1, -0.05) is 26.0 Å². The van der Waals surface area contributed by atoms with Crippen molar-refractivity contribution in [1.82, 2.24) is 9.62 Å². The lowest BCUT2D eigenvalue weighted by Crippen LogP contribution is -2.51. The minimum absolute atomic E-state index is 0.0837. The summed E-state index contributed by atoms with van der Waals surface area (Å²) < 4.78 is 74.2. The maximum absolute atomic E-state index is 12.5. The molecule has 0 bridgehead atoms. The fourth-order valence-corrected chi connectivity index (χ4v) is 4.03. The van der Waals surface area contributed by atoms with Gasteiger partial charge >= 0.3 is 6.36 Å². The summed E-state index contributed by atoms with van der Waals surface area (Å²) in [5.74, 6) is -0.600. The highest BCUT2D eigenvalue weighted by molar-refractivity contribution is 7.89. The molecule has 0 radical (unpaired) electrons. The molecular weight excluding hydrogens is 373 g/mol. The molecule has 1 unspecified atom stereocenters. The third-order valence-electron chi connectivity index (χ3n) is 4.13. The molecule has 6 nitrogen and oxygen atoms in total. The molecule has 1 aliphatic heterocycles. The topological polar surface area (TPSA) is 67.9 Å². The van der Waals surface area contributed by atoms with Crippen LogP contribution < -0.4 is 9.46 Å². The van der Waals surface area contributed by atoms with Gasteiger partial charge in [0.05, 0.1) is 13.2 Å². The number of benzene rings is 1. The van der Waals surface area contributed by atoms with Gasteiger partial charge in [-0.15, -0.1) is 13.2 Å². The number of hydrogen-bond acceptors (Lipinski definition) is 5. The van der Waals surface area contributed by atoms with Gasteiger partial charge in [0.1, 0.15) is 10.6 Å². The van der Waals surface area contributed by atoms with Crippen LogP contribution in [0.2, 0.25) is 0 Å². The van der Waals surface area contributed by atoms with Crippen molar-refractivity contribution < 1.29 is 31.1 Å². The van der Waals surface area contributed by atoms with Crippen LogP contribution >= 0.6 is 0 Å². The van der Waals surface area contributed by atoms with E-state index in [1.807, 2.05) is 13.8 Å². The Morgan fingerprint density at radius 2 is 1.85 bits per heavy atom. The van der Waals surface area contributed by atoms with Crippen molar-refractivity contribution in [1.29, 1.82) is 0 Å². The highest BCUT2D eigenvalue weighted by atomic mass is 32.2. The second kappa shape index (κ2) is 8.55. The fourth-order valence-electron chi connectivity index (χ4n) is 2.85. The van der Waals surface area contributed by atoms with Gasteiger partial charge in [0.2, 0.25) is 10.0 Å². The SMILES string of the molecule is CC(C)C(CNS(=O)(=O)c1ccccc1OC(F)(F)F)N1CCOCC1. The molecule has 0 spiro atoms. The molecule has 26 heavy (non-hydrogen) atoms. The van der Waals surface area contributed by atoms with E-state index in [1.165, 1.54) is 12.1 Å². The van der Waals surface area contributed by atoms with E-state index in [1.54, 1.807) is 0 Å². The van der Waals surface area contributed by atoms with Crippen molar-refractivity contribution in [2.45, 2.75) is 31.1 Å². The molecule has 0 saturated carbocycles. The molecule has 1 heterocycles. The van der Waals surface area contributed by atoms with Gasteiger partial charge in [-0.3, -0.25) is 4.90 Å². The highest BCUT2D eigenvalue weighted by Crippen LogP contribution is 2.29. The van der Waals surface area contributed by atoms with Crippen molar-refractivity contribution in [3.05, 3.63) is 24.3 Å². The van der Waals surface area contributed by atoms with Crippen LogP contribution in [-0.2, 0) is 14.8 Å². The van der Waals surface area contributed by atoms with Gasteiger partial charge in [-0.25, -0.2) is 13.1 Å². The molecule has 0 amide bonds. The number of nitrogens with one attached hydrogen (secondary N) is 1. The number of ether oxygens (including phenoxy) is 2. The molecule has 10 heteroatoms. The van der Waals surface area contributed by atoms with E-state index in [-0.39, 0.29) is 18.5 Å². The molecule has 1 aliphatic rings. The summed E-state index contributed by atoms with van der Waals surface area (Å²) in [6, 6.07) is 4.60. The summed E-state index contributed by atoms with van der Waals surface area (Å²) >= 11 is 0. The number of nitrogens with zero attached hydrogens (tertiary/aromatic N) is 1. The lowest BCUT2D eigenvalue weighted by Gasteiger charge is -2.36. The second-order valence-electron chi connectivity index (χ2n) is 6.31. The smallest absolute Gasteiger partial charge is 0.404 e. The summed E-state index contributed by atoms with van der Waals surface area (Å²) in [6.07, 6.45) is -4.97. The molecule has 1 atom stereocenters. The van der Waals surface area contributed by atoms with E-state index >= 15 is 0 Å². The van der Waals surface area contributed by atoms with Crippen molar-refractivity contribution in [3.63, 3.8) is 0 Å². The Morgan fingerprint density at radius 3 is 2.42 bits per heavy atom. The van der Waals surface area contributed by atoms with E-state index in [2.05, 4.69) is 14.4 Å². The fraction of sp³-hybridized carbons (Fsp3) is 0.625. The zero-order chi connectivity index (χ0) is 19.4. The molecule has 1 N–H and O–H groups in total. The first-order valence-corrected chi connectivity index (χ1v) is 9.75. The van der Waals surface area contributed by atoms with E-state index in [0.29, 0.717) is 26.3 Å². The third kappa shape index (κ3) is 5.83. The van der Waals surface area contributed by atoms with Gasteiger partial charge in [-0.05, 0) is 18.1 Å². The Morgan fingerprint density at radius 1 is 1.23 bits per heavy atom. The second-order valence-corrected chi connectivity index (χ2v) is 8.04. The minimum atomic E-state index is -4.97. The van der Waals surface area contributed by atoms with Crippen molar-refractivity contribution in [2.75, 3.05) is 32.8 Å². The first kappa shape index (κ1) is 20.9. The molecule has 0 aliphatic carbocycles. The summed E-state index contributed by atoms with van der Waals surface area (Å²) in [7, 11) is -4.16. The van der Waals surface area contributed by atoms with Crippen molar-refractivity contribution >= 4 is 10.0 Å². The van der Waals surface area contributed by atoms with E-state index in [9.17, 15) is 21.6 Å². The molecule has 0 aromatic heterocycles. The number of halogens is 3. The average molecular weight is 396 g/mol. The first-order valence-electron chi connectivity index (χ1n) is 8.26. The van der Waals surface area contributed by atoms with Crippen molar-refractivity contribution in [2.24, 2.45) is 5.92 Å². The van der Waals surface area contributed by atoms with Gasteiger partial charge in [0.25, 0.3) is 0 Å². The predicted molar refractivity (Wildman–Crippen MR) is 89.3 cm³/mol. The van der Waals surface area contributed by atoms with Crippen LogP contribution in [0.25, 0.3) is 0 Å². The van der Waals surface area contributed by atoms with Crippen LogP contribution in [0.5, 0.6) is 5.75 Å². The van der Waals surface area contributed by atoms with Crippen LogP contribution in [0.1, 0.15) is 13.8 Å². The van der Waals surface area contributed by atoms with Crippen molar-refractivity contribution in [3.8, 4) is 5.75 Å². The van der Waals surface area contributed by atoms with Crippen LogP contribution in [0.15, 0.2) is 29.2 Å². The van der Waals surface area contributed by atoms with E-state index in [4.69, 9.17) is 4.74 Å². The lowest BCUT2D eigenvalue weighted by atomic mass is 10.0. The Kier molecular flexibility index (Phi) is 6.89. The molecule has 1 aromatic rings. The summed E-state index contributed by atoms with van der Waals surface area (Å²) in [4.78, 5) is 1.58. The van der Waals surface area contributed by atoms with Gasteiger partial charge < -0.3 is 9.47 Å². The highest BCUT2D eigenvalue weighted by Gasteiger charge is 2.34. The average Bonchev–Trinajstić information content (AvgIpc) is 2.54. The Hall–Kier alpha value is -1.36. The van der Waals surface area contributed by atoms with Gasteiger partial charge in [0, 0.05) is 25.7 Å². The third-order valence-corrected chi connectivity index (χ3v) is 5.59. The van der Waals surface area contributed by atoms with Crippen LogP contribution in [0.4, 0.5) is 13.2 Å². The predicted octanol–water partition coefficient (Wildman–Crippen LogP) is 2.22. The lowest BCUT2D eigenvalue weighted by molar-refractivity contribution is -0.275. The standard InChI is InChI=1S/C16H23F3N2O4S/c1-12(2)13(21-7-9-24-10-8-21)11-20-26(22,23)15-6-4-3-5-14(15)25-16(17,18)19/h3-6,12-13,20H,7-11H2,1-2H3. The van der Waals surface area contributed by atoms with E-state index in [0.717, 1.165) is 12.1 Å². The number of hydrogen-bond donors (Lipinski definition) is 1. The zero-order valence-corrected chi connectivity index (χ0v) is 15.4. The quantitative estimate of drug-likeness (QED) is 0.766. The molecule has 148 valence electrons.